The molecule has 0 saturated carbocycles. The first-order valence-corrected chi connectivity index (χ1v) is 9.59. The van der Waals surface area contributed by atoms with E-state index in [-0.39, 0.29) is 11.8 Å². The third kappa shape index (κ3) is 4.02. The highest BCUT2D eigenvalue weighted by atomic mass is 35.5. The molecule has 0 aliphatic carbocycles. The SMILES string of the molecule is CCOc1cccc(CN2CC(c3noc(-c4cccc(Cl)c4)n3)CC2=O)c1. The monoisotopic (exact) mass is 397 g/mol. The number of hydrogen-bond acceptors (Lipinski definition) is 5. The van der Waals surface area contributed by atoms with Crippen LogP contribution in [0.5, 0.6) is 5.75 Å². The summed E-state index contributed by atoms with van der Waals surface area (Å²) in [5.41, 5.74) is 1.80. The number of amides is 1. The molecule has 2 aromatic carbocycles. The molecule has 0 spiro atoms. The summed E-state index contributed by atoms with van der Waals surface area (Å²) < 4.78 is 10.9. The zero-order valence-corrected chi connectivity index (χ0v) is 16.2. The molecule has 4 rings (SSSR count). The maximum atomic E-state index is 12.5. The van der Waals surface area contributed by atoms with E-state index in [1.165, 1.54) is 0 Å². The molecule has 1 aliphatic heterocycles. The highest BCUT2D eigenvalue weighted by molar-refractivity contribution is 6.30. The fourth-order valence-corrected chi connectivity index (χ4v) is 3.55. The second-order valence-electron chi connectivity index (χ2n) is 6.72. The van der Waals surface area contributed by atoms with E-state index < -0.39 is 0 Å². The van der Waals surface area contributed by atoms with Gasteiger partial charge in [-0.25, -0.2) is 0 Å². The third-order valence-electron chi connectivity index (χ3n) is 4.68. The molecule has 1 fully saturated rings. The Morgan fingerprint density at radius 2 is 2.11 bits per heavy atom. The Labute approximate surface area is 168 Å². The van der Waals surface area contributed by atoms with E-state index in [2.05, 4.69) is 10.1 Å². The third-order valence-corrected chi connectivity index (χ3v) is 4.91. The van der Waals surface area contributed by atoms with E-state index in [0.29, 0.717) is 42.9 Å². The average Bonchev–Trinajstić information content (AvgIpc) is 3.30. The van der Waals surface area contributed by atoms with Crippen LogP contribution in [0.25, 0.3) is 11.5 Å². The topological polar surface area (TPSA) is 68.5 Å². The van der Waals surface area contributed by atoms with Crippen LogP contribution in [0.1, 0.15) is 30.7 Å². The maximum absolute atomic E-state index is 12.5. The Morgan fingerprint density at radius 1 is 1.25 bits per heavy atom. The smallest absolute Gasteiger partial charge is 0.257 e. The van der Waals surface area contributed by atoms with Crippen LogP contribution in [0, 0.1) is 0 Å². The molecular weight excluding hydrogens is 378 g/mol. The van der Waals surface area contributed by atoms with Crippen molar-refractivity contribution in [3.63, 3.8) is 0 Å². The first kappa shape index (κ1) is 18.5. The van der Waals surface area contributed by atoms with Gasteiger partial charge < -0.3 is 14.2 Å². The van der Waals surface area contributed by atoms with E-state index in [9.17, 15) is 4.79 Å². The zero-order valence-electron chi connectivity index (χ0n) is 15.5. The highest BCUT2D eigenvalue weighted by Crippen LogP contribution is 2.30. The number of carbonyl (C=O) groups is 1. The lowest BCUT2D eigenvalue weighted by Gasteiger charge is -2.16. The summed E-state index contributed by atoms with van der Waals surface area (Å²) in [5.74, 6) is 1.77. The number of halogens is 1. The second-order valence-corrected chi connectivity index (χ2v) is 7.16. The lowest BCUT2D eigenvalue weighted by Crippen LogP contribution is -2.24. The molecule has 1 unspecified atom stereocenters. The molecule has 6 nitrogen and oxygen atoms in total. The van der Waals surface area contributed by atoms with Crippen LogP contribution in [0.3, 0.4) is 0 Å². The van der Waals surface area contributed by atoms with E-state index in [1.54, 1.807) is 12.1 Å². The van der Waals surface area contributed by atoms with Crippen molar-refractivity contribution in [2.24, 2.45) is 0 Å². The van der Waals surface area contributed by atoms with Gasteiger partial charge in [-0.2, -0.15) is 4.98 Å². The van der Waals surface area contributed by atoms with Crippen molar-refractivity contribution in [1.29, 1.82) is 0 Å². The minimum absolute atomic E-state index is 0.0840. The van der Waals surface area contributed by atoms with Crippen LogP contribution in [-0.2, 0) is 11.3 Å². The number of hydrogen-bond donors (Lipinski definition) is 0. The van der Waals surface area contributed by atoms with Gasteiger partial charge in [0.05, 0.1) is 6.61 Å². The summed E-state index contributed by atoms with van der Waals surface area (Å²) in [4.78, 5) is 18.8. The molecule has 7 heteroatoms. The van der Waals surface area contributed by atoms with Gasteiger partial charge >= 0.3 is 0 Å². The maximum Gasteiger partial charge on any atom is 0.257 e. The van der Waals surface area contributed by atoms with Gasteiger partial charge in [-0.15, -0.1) is 0 Å². The normalized spacial score (nSPS) is 16.6. The Bertz CT molecular complexity index is 988. The van der Waals surface area contributed by atoms with Gasteiger partial charge in [-0.3, -0.25) is 4.79 Å². The predicted molar refractivity (Wildman–Crippen MR) is 105 cm³/mol. The summed E-state index contributed by atoms with van der Waals surface area (Å²) in [6.45, 7) is 3.66. The number of benzene rings is 2. The minimum atomic E-state index is -0.0840. The van der Waals surface area contributed by atoms with Gasteiger partial charge in [0.25, 0.3) is 5.89 Å². The van der Waals surface area contributed by atoms with Gasteiger partial charge in [0.1, 0.15) is 5.75 Å². The molecule has 0 radical (unpaired) electrons. The molecule has 0 N–H and O–H groups in total. The summed E-state index contributed by atoms with van der Waals surface area (Å²) in [5, 5.41) is 4.70. The van der Waals surface area contributed by atoms with Crippen molar-refractivity contribution < 1.29 is 14.1 Å². The van der Waals surface area contributed by atoms with Crippen molar-refractivity contribution in [3.05, 3.63) is 64.9 Å². The van der Waals surface area contributed by atoms with Gasteiger partial charge in [-0.1, -0.05) is 35.0 Å². The van der Waals surface area contributed by atoms with Crippen LogP contribution in [0.4, 0.5) is 0 Å². The van der Waals surface area contributed by atoms with Crippen molar-refractivity contribution in [3.8, 4) is 17.2 Å². The van der Waals surface area contributed by atoms with Gasteiger partial charge in [0, 0.05) is 36.0 Å². The minimum Gasteiger partial charge on any atom is -0.494 e. The number of carbonyl (C=O) groups excluding carboxylic acids is 1. The number of ether oxygens (including phenoxy) is 1. The molecule has 1 saturated heterocycles. The molecule has 28 heavy (non-hydrogen) atoms. The largest absolute Gasteiger partial charge is 0.494 e. The fraction of sp³-hybridized carbons (Fsp3) is 0.286. The highest BCUT2D eigenvalue weighted by Gasteiger charge is 2.33. The molecule has 1 amide bonds. The number of nitrogens with zero attached hydrogens (tertiary/aromatic N) is 3. The van der Waals surface area contributed by atoms with Crippen molar-refractivity contribution in [1.82, 2.24) is 15.0 Å². The van der Waals surface area contributed by atoms with E-state index in [1.807, 2.05) is 48.2 Å². The predicted octanol–water partition coefficient (Wildman–Crippen LogP) is 4.30. The van der Waals surface area contributed by atoms with Gasteiger partial charge in [0.15, 0.2) is 5.82 Å². The summed E-state index contributed by atoms with van der Waals surface area (Å²) in [6.07, 6.45) is 0.375. The molecule has 144 valence electrons. The number of aromatic nitrogens is 2. The second kappa shape index (κ2) is 8.02. The summed E-state index contributed by atoms with van der Waals surface area (Å²) in [6, 6.07) is 15.1. The van der Waals surface area contributed by atoms with E-state index in [4.69, 9.17) is 20.9 Å². The van der Waals surface area contributed by atoms with Gasteiger partial charge in [0.2, 0.25) is 5.91 Å². The molecule has 1 aliphatic rings. The van der Waals surface area contributed by atoms with E-state index >= 15 is 0 Å². The van der Waals surface area contributed by atoms with Crippen molar-refractivity contribution in [2.45, 2.75) is 25.8 Å². The summed E-state index contributed by atoms with van der Waals surface area (Å²) >= 11 is 6.02. The van der Waals surface area contributed by atoms with Crippen molar-refractivity contribution in [2.75, 3.05) is 13.2 Å². The van der Waals surface area contributed by atoms with Crippen molar-refractivity contribution >= 4 is 17.5 Å². The Kier molecular flexibility index (Phi) is 5.30. The fourth-order valence-electron chi connectivity index (χ4n) is 3.36. The Morgan fingerprint density at radius 3 is 2.93 bits per heavy atom. The first-order chi connectivity index (χ1) is 13.6. The van der Waals surface area contributed by atoms with E-state index in [0.717, 1.165) is 16.9 Å². The molecular formula is C21H20ClN3O3. The molecule has 1 atom stereocenters. The first-order valence-electron chi connectivity index (χ1n) is 9.21. The van der Waals surface area contributed by atoms with Gasteiger partial charge in [-0.05, 0) is 42.8 Å². The van der Waals surface area contributed by atoms with Crippen LogP contribution < -0.4 is 4.74 Å². The average molecular weight is 398 g/mol. The molecule has 0 bridgehead atoms. The van der Waals surface area contributed by atoms with Crippen LogP contribution >= 0.6 is 11.6 Å². The molecule has 3 aromatic rings. The lowest BCUT2D eigenvalue weighted by molar-refractivity contribution is -0.128. The standard InChI is InChI=1S/C21H20ClN3O3/c1-2-27-18-8-3-5-14(9-18)12-25-13-16(11-19(25)26)20-23-21(28-24-20)15-6-4-7-17(22)10-15/h3-10,16H,2,11-13H2,1H3. The van der Waals surface area contributed by atoms with Crippen LogP contribution in [-0.4, -0.2) is 34.1 Å². The van der Waals surface area contributed by atoms with Crippen LogP contribution in [0.15, 0.2) is 53.1 Å². The zero-order chi connectivity index (χ0) is 19.5. The Hall–Kier alpha value is -2.86. The molecule has 2 heterocycles. The molecule has 1 aromatic heterocycles. The summed E-state index contributed by atoms with van der Waals surface area (Å²) in [7, 11) is 0. The lowest BCUT2D eigenvalue weighted by atomic mass is 10.1. The quantitative estimate of drug-likeness (QED) is 0.620. The number of likely N-dealkylation sites (tertiary alicyclic amines) is 1. The van der Waals surface area contributed by atoms with Crippen LogP contribution in [0.2, 0.25) is 5.02 Å². The number of rotatable bonds is 6. The Balaban J connectivity index is 1.46.